The first-order chi connectivity index (χ1) is 12.7. The second-order valence-electron chi connectivity index (χ2n) is 6.43. The Morgan fingerprint density at radius 1 is 1.00 bits per heavy atom. The number of nitrogens with zero attached hydrogens (tertiary/aromatic N) is 3. The van der Waals surface area contributed by atoms with E-state index < -0.39 is 0 Å². The molecule has 0 aliphatic heterocycles. The van der Waals surface area contributed by atoms with Gasteiger partial charge in [-0.2, -0.15) is 0 Å². The third-order valence-corrected chi connectivity index (χ3v) is 4.74. The number of aromatic nitrogens is 2. The monoisotopic (exact) mass is 365 g/mol. The number of hydrogen-bond acceptors (Lipinski definition) is 3. The largest absolute Gasteiger partial charge is 0.468 e. The Morgan fingerprint density at radius 3 is 2.62 bits per heavy atom. The van der Waals surface area contributed by atoms with Gasteiger partial charge in [0.15, 0.2) is 0 Å². The molecule has 0 aliphatic carbocycles. The molecule has 2 aromatic carbocycles. The molecular weight excluding hydrogens is 346 g/mol. The third-order valence-electron chi connectivity index (χ3n) is 4.51. The molecule has 0 bridgehead atoms. The second kappa shape index (κ2) is 7.36. The van der Waals surface area contributed by atoms with E-state index in [2.05, 4.69) is 33.7 Å². The van der Waals surface area contributed by atoms with Gasteiger partial charge in [-0.3, -0.25) is 4.90 Å². The standard InChI is InChI=1S/C21H20ClN3O/c1-24-20-10-9-17(22)12-19(20)23-21(24)15-25(14-18-8-5-11-26-18)13-16-6-3-2-4-7-16/h2-12H,13-15H2,1H3. The van der Waals surface area contributed by atoms with Crippen molar-refractivity contribution in [2.75, 3.05) is 0 Å². The molecule has 2 heterocycles. The van der Waals surface area contributed by atoms with Gasteiger partial charge in [0.1, 0.15) is 11.6 Å². The van der Waals surface area contributed by atoms with Gasteiger partial charge in [-0.1, -0.05) is 41.9 Å². The van der Waals surface area contributed by atoms with Crippen LogP contribution in [-0.4, -0.2) is 14.5 Å². The van der Waals surface area contributed by atoms with Gasteiger partial charge in [0.2, 0.25) is 0 Å². The molecule has 4 nitrogen and oxygen atoms in total. The van der Waals surface area contributed by atoms with Crippen molar-refractivity contribution < 1.29 is 4.42 Å². The van der Waals surface area contributed by atoms with Crippen LogP contribution in [0.25, 0.3) is 11.0 Å². The summed E-state index contributed by atoms with van der Waals surface area (Å²) in [5, 5.41) is 0.707. The molecule has 0 unspecified atom stereocenters. The molecule has 0 radical (unpaired) electrons. The molecule has 4 rings (SSSR count). The maximum atomic E-state index is 6.12. The Morgan fingerprint density at radius 2 is 1.85 bits per heavy atom. The van der Waals surface area contributed by atoms with Gasteiger partial charge in [0, 0.05) is 18.6 Å². The highest BCUT2D eigenvalue weighted by Gasteiger charge is 2.15. The van der Waals surface area contributed by atoms with E-state index in [1.807, 2.05) is 43.4 Å². The van der Waals surface area contributed by atoms with E-state index in [-0.39, 0.29) is 0 Å². The molecule has 0 fully saturated rings. The lowest BCUT2D eigenvalue weighted by molar-refractivity contribution is 0.220. The Balaban J connectivity index is 1.62. The first-order valence-corrected chi connectivity index (χ1v) is 8.96. The molecule has 0 saturated carbocycles. The fourth-order valence-corrected chi connectivity index (χ4v) is 3.36. The lowest BCUT2D eigenvalue weighted by Crippen LogP contribution is -2.23. The van der Waals surface area contributed by atoms with Crippen LogP contribution < -0.4 is 0 Å². The normalized spacial score (nSPS) is 11.5. The number of furan rings is 1. The van der Waals surface area contributed by atoms with Crippen LogP contribution in [0.3, 0.4) is 0 Å². The highest BCUT2D eigenvalue weighted by atomic mass is 35.5. The smallest absolute Gasteiger partial charge is 0.123 e. The first-order valence-electron chi connectivity index (χ1n) is 8.58. The number of halogens is 1. The molecule has 5 heteroatoms. The van der Waals surface area contributed by atoms with Crippen LogP contribution in [0.1, 0.15) is 17.1 Å². The van der Waals surface area contributed by atoms with Gasteiger partial charge in [-0.15, -0.1) is 0 Å². The van der Waals surface area contributed by atoms with Crippen LogP contribution in [0.2, 0.25) is 5.02 Å². The summed E-state index contributed by atoms with van der Waals surface area (Å²) in [6.07, 6.45) is 1.72. The van der Waals surface area contributed by atoms with Crippen LogP contribution in [-0.2, 0) is 26.7 Å². The van der Waals surface area contributed by atoms with Gasteiger partial charge in [0.05, 0.1) is 30.4 Å². The molecule has 0 atom stereocenters. The average Bonchev–Trinajstić information content (AvgIpc) is 3.24. The number of imidazole rings is 1. The van der Waals surface area contributed by atoms with Crippen molar-refractivity contribution in [3.8, 4) is 0 Å². The van der Waals surface area contributed by atoms with Crippen LogP contribution in [0.15, 0.2) is 71.3 Å². The second-order valence-corrected chi connectivity index (χ2v) is 6.87. The minimum absolute atomic E-state index is 0.707. The Kier molecular flexibility index (Phi) is 4.78. The number of benzene rings is 2. The fourth-order valence-electron chi connectivity index (χ4n) is 3.20. The summed E-state index contributed by atoms with van der Waals surface area (Å²) in [6, 6.07) is 20.2. The predicted molar refractivity (Wildman–Crippen MR) is 104 cm³/mol. The SMILES string of the molecule is Cn1c(CN(Cc2ccccc2)Cc2ccco2)nc2cc(Cl)ccc21. The number of fused-ring (bicyclic) bond motifs is 1. The topological polar surface area (TPSA) is 34.2 Å². The summed E-state index contributed by atoms with van der Waals surface area (Å²) < 4.78 is 7.69. The van der Waals surface area contributed by atoms with E-state index in [1.54, 1.807) is 6.26 Å². The van der Waals surface area contributed by atoms with Crippen molar-refractivity contribution in [2.45, 2.75) is 19.6 Å². The van der Waals surface area contributed by atoms with Gasteiger partial charge < -0.3 is 8.98 Å². The zero-order chi connectivity index (χ0) is 17.9. The first kappa shape index (κ1) is 16.9. The van der Waals surface area contributed by atoms with E-state index >= 15 is 0 Å². The minimum atomic E-state index is 0.707. The van der Waals surface area contributed by atoms with Gasteiger partial charge in [-0.05, 0) is 35.9 Å². The van der Waals surface area contributed by atoms with Gasteiger partial charge in [0.25, 0.3) is 0 Å². The van der Waals surface area contributed by atoms with Crippen molar-refractivity contribution in [1.29, 1.82) is 0 Å². The Hall–Kier alpha value is -2.56. The Labute approximate surface area is 157 Å². The third kappa shape index (κ3) is 3.66. The molecule has 0 spiro atoms. The lowest BCUT2D eigenvalue weighted by Gasteiger charge is -2.21. The highest BCUT2D eigenvalue weighted by molar-refractivity contribution is 6.31. The predicted octanol–water partition coefficient (Wildman–Crippen LogP) is 5.02. The van der Waals surface area contributed by atoms with E-state index in [1.165, 1.54) is 5.56 Å². The lowest BCUT2D eigenvalue weighted by atomic mass is 10.2. The van der Waals surface area contributed by atoms with Crippen LogP contribution in [0.4, 0.5) is 0 Å². The summed E-state index contributed by atoms with van der Waals surface area (Å²) in [6.45, 7) is 2.27. The zero-order valence-electron chi connectivity index (χ0n) is 14.6. The molecule has 4 aromatic rings. The summed E-state index contributed by atoms with van der Waals surface area (Å²) >= 11 is 6.12. The van der Waals surface area contributed by atoms with Crippen LogP contribution in [0, 0.1) is 0 Å². The number of rotatable bonds is 6. The van der Waals surface area contributed by atoms with E-state index in [0.29, 0.717) is 5.02 Å². The molecule has 0 amide bonds. The molecule has 0 saturated heterocycles. The van der Waals surface area contributed by atoms with Gasteiger partial charge >= 0.3 is 0 Å². The molecular formula is C21H20ClN3O. The summed E-state index contributed by atoms with van der Waals surface area (Å²) in [7, 11) is 2.05. The van der Waals surface area contributed by atoms with Crippen molar-refractivity contribution in [3.05, 3.63) is 89.1 Å². The molecule has 2 aromatic heterocycles. The maximum Gasteiger partial charge on any atom is 0.123 e. The van der Waals surface area contributed by atoms with Crippen molar-refractivity contribution in [1.82, 2.24) is 14.5 Å². The summed E-state index contributed by atoms with van der Waals surface area (Å²) in [5.74, 6) is 1.95. The van der Waals surface area contributed by atoms with Crippen molar-refractivity contribution in [2.24, 2.45) is 7.05 Å². The van der Waals surface area contributed by atoms with Crippen LogP contribution in [0.5, 0.6) is 0 Å². The molecule has 132 valence electrons. The van der Waals surface area contributed by atoms with Crippen LogP contribution >= 0.6 is 11.6 Å². The van der Waals surface area contributed by atoms with Crippen molar-refractivity contribution >= 4 is 22.6 Å². The number of hydrogen-bond donors (Lipinski definition) is 0. The van der Waals surface area contributed by atoms with E-state index in [4.69, 9.17) is 21.0 Å². The fraction of sp³-hybridized carbons (Fsp3) is 0.190. The van der Waals surface area contributed by atoms with E-state index in [9.17, 15) is 0 Å². The maximum absolute atomic E-state index is 6.12. The van der Waals surface area contributed by atoms with Gasteiger partial charge in [-0.25, -0.2) is 4.98 Å². The van der Waals surface area contributed by atoms with E-state index in [0.717, 1.165) is 42.3 Å². The average molecular weight is 366 g/mol. The quantitative estimate of drug-likeness (QED) is 0.481. The summed E-state index contributed by atoms with van der Waals surface area (Å²) in [4.78, 5) is 7.12. The van der Waals surface area contributed by atoms with Crippen molar-refractivity contribution in [3.63, 3.8) is 0 Å². The highest BCUT2D eigenvalue weighted by Crippen LogP contribution is 2.21. The molecule has 0 N–H and O–H groups in total. The minimum Gasteiger partial charge on any atom is -0.468 e. The number of aryl methyl sites for hydroxylation is 1. The Bertz CT molecular complexity index is 993. The summed E-state index contributed by atoms with van der Waals surface area (Å²) in [5.41, 5.74) is 3.27. The molecule has 0 aliphatic rings. The zero-order valence-corrected chi connectivity index (χ0v) is 15.4. The molecule has 26 heavy (non-hydrogen) atoms.